The Morgan fingerprint density at radius 2 is 1.89 bits per heavy atom. The van der Waals surface area contributed by atoms with E-state index in [2.05, 4.69) is 6.92 Å². The zero-order valence-corrected chi connectivity index (χ0v) is 11.7. The fraction of sp³-hybridized carbons (Fsp3) is 0.562. The van der Waals surface area contributed by atoms with Crippen molar-refractivity contribution in [1.29, 1.82) is 0 Å². The average Bonchev–Trinajstić information content (AvgIpc) is 2.45. The SMILES string of the molecule is CCC1CCCCC1OOC(=O)c1ccc(C)cc1. The lowest BCUT2D eigenvalue weighted by atomic mass is 9.85. The Morgan fingerprint density at radius 3 is 2.58 bits per heavy atom. The second kappa shape index (κ2) is 6.71. The van der Waals surface area contributed by atoms with Crippen LogP contribution in [0.1, 0.15) is 54.9 Å². The maximum atomic E-state index is 11.8. The first-order valence-electron chi connectivity index (χ1n) is 7.15. The molecule has 1 aliphatic rings. The van der Waals surface area contributed by atoms with E-state index < -0.39 is 5.97 Å². The first-order chi connectivity index (χ1) is 9.20. The minimum atomic E-state index is -0.402. The molecule has 0 radical (unpaired) electrons. The van der Waals surface area contributed by atoms with E-state index in [1.54, 1.807) is 12.1 Å². The lowest BCUT2D eigenvalue weighted by Gasteiger charge is -2.28. The summed E-state index contributed by atoms with van der Waals surface area (Å²) >= 11 is 0. The van der Waals surface area contributed by atoms with E-state index in [0.29, 0.717) is 11.5 Å². The largest absolute Gasteiger partial charge is 0.373 e. The van der Waals surface area contributed by atoms with E-state index in [4.69, 9.17) is 9.78 Å². The molecule has 1 saturated carbocycles. The van der Waals surface area contributed by atoms with Crippen molar-refractivity contribution in [3.63, 3.8) is 0 Å². The Kier molecular flexibility index (Phi) is 4.97. The number of carbonyl (C=O) groups excluding carboxylic acids is 1. The summed E-state index contributed by atoms with van der Waals surface area (Å²) in [7, 11) is 0. The Hall–Kier alpha value is -1.35. The van der Waals surface area contributed by atoms with E-state index in [9.17, 15) is 4.79 Å². The molecule has 2 unspecified atom stereocenters. The van der Waals surface area contributed by atoms with Crippen LogP contribution >= 0.6 is 0 Å². The molecule has 0 heterocycles. The van der Waals surface area contributed by atoms with Gasteiger partial charge in [0.25, 0.3) is 0 Å². The van der Waals surface area contributed by atoms with Gasteiger partial charge in [-0.1, -0.05) is 43.9 Å². The van der Waals surface area contributed by atoms with Gasteiger partial charge in [0, 0.05) is 0 Å². The molecule has 0 spiro atoms. The first-order valence-corrected chi connectivity index (χ1v) is 7.15. The maximum Gasteiger partial charge on any atom is 0.373 e. The lowest BCUT2D eigenvalue weighted by molar-refractivity contribution is -0.290. The van der Waals surface area contributed by atoms with Crippen molar-refractivity contribution in [2.45, 2.75) is 52.1 Å². The minimum Gasteiger partial charge on any atom is -0.293 e. The molecule has 1 fully saturated rings. The molecule has 0 N–H and O–H groups in total. The van der Waals surface area contributed by atoms with Crippen LogP contribution in [0.25, 0.3) is 0 Å². The van der Waals surface area contributed by atoms with Crippen molar-refractivity contribution in [3.8, 4) is 0 Å². The molecule has 0 bridgehead atoms. The van der Waals surface area contributed by atoms with Crippen LogP contribution in [0.3, 0.4) is 0 Å². The molecule has 0 aromatic heterocycles. The van der Waals surface area contributed by atoms with Gasteiger partial charge in [-0.05, 0) is 37.8 Å². The fourth-order valence-corrected chi connectivity index (χ4v) is 2.61. The first kappa shape index (κ1) is 14.1. The van der Waals surface area contributed by atoms with Gasteiger partial charge in [0.1, 0.15) is 6.10 Å². The highest BCUT2D eigenvalue weighted by atomic mass is 17.2. The number of aryl methyl sites for hydroxylation is 1. The topological polar surface area (TPSA) is 35.5 Å². The van der Waals surface area contributed by atoms with E-state index >= 15 is 0 Å². The predicted molar refractivity (Wildman–Crippen MR) is 73.7 cm³/mol. The third kappa shape index (κ3) is 3.80. The second-order valence-corrected chi connectivity index (χ2v) is 5.32. The van der Waals surface area contributed by atoms with Gasteiger partial charge in [0.05, 0.1) is 5.56 Å². The quantitative estimate of drug-likeness (QED) is 0.606. The molecule has 104 valence electrons. The summed E-state index contributed by atoms with van der Waals surface area (Å²) < 4.78 is 0. The molecular formula is C16H22O3. The van der Waals surface area contributed by atoms with Crippen LogP contribution in [-0.4, -0.2) is 12.1 Å². The van der Waals surface area contributed by atoms with Gasteiger partial charge in [-0.15, -0.1) is 0 Å². The second-order valence-electron chi connectivity index (χ2n) is 5.32. The van der Waals surface area contributed by atoms with Gasteiger partial charge in [-0.2, -0.15) is 4.89 Å². The van der Waals surface area contributed by atoms with Crippen LogP contribution in [-0.2, 0) is 9.78 Å². The fourth-order valence-electron chi connectivity index (χ4n) is 2.61. The molecular weight excluding hydrogens is 240 g/mol. The highest BCUT2D eigenvalue weighted by Crippen LogP contribution is 2.29. The number of hydrogen-bond donors (Lipinski definition) is 0. The summed E-state index contributed by atoms with van der Waals surface area (Å²) in [4.78, 5) is 22.2. The monoisotopic (exact) mass is 262 g/mol. The van der Waals surface area contributed by atoms with Gasteiger partial charge >= 0.3 is 5.97 Å². The van der Waals surface area contributed by atoms with Gasteiger partial charge in [0.2, 0.25) is 0 Å². The highest BCUT2D eigenvalue weighted by molar-refractivity contribution is 5.88. The third-order valence-corrected chi connectivity index (χ3v) is 3.90. The number of rotatable bonds is 4. The van der Waals surface area contributed by atoms with Crippen molar-refractivity contribution in [3.05, 3.63) is 35.4 Å². The van der Waals surface area contributed by atoms with Crippen LogP contribution in [0, 0.1) is 12.8 Å². The van der Waals surface area contributed by atoms with Crippen molar-refractivity contribution in [1.82, 2.24) is 0 Å². The normalized spacial score (nSPS) is 23.1. The molecule has 3 nitrogen and oxygen atoms in total. The van der Waals surface area contributed by atoms with Gasteiger partial charge in [-0.25, -0.2) is 4.79 Å². The summed E-state index contributed by atoms with van der Waals surface area (Å²) in [5, 5.41) is 0. The standard InChI is InChI=1S/C16H22O3/c1-3-13-6-4-5-7-15(13)18-19-16(17)14-10-8-12(2)9-11-14/h8-11,13,15H,3-7H2,1-2H3. The van der Waals surface area contributed by atoms with Crippen molar-refractivity contribution in [2.24, 2.45) is 5.92 Å². The van der Waals surface area contributed by atoms with E-state index in [-0.39, 0.29) is 6.10 Å². The Labute approximate surface area is 114 Å². The molecule has 1 aliphatic carbocycles. The van der Waals surface area contributed by atoms with Crippen LogP contribution in [0.5, 0.6) is 0 Å². The summed E-state index contributed by atoms with van der Waals surface area (Å²) in [6.07, 6.45) is 5.71. The van der Waals surface area contributed by atoms with Crippen LogP contribution in [0.2, 0.25) is 0 Å². The Bertz CT molecular complexity index is 411. The van der Waals surface area contributed by atoms with E-state index in [1.807, 2.05) is 19.1 Å². The molecule has 19 heavy (non-hydrogen) atoms. The van der Waals surface area contributed by atoms with Crippen molar-refractivity contribution >= 4 is 5.97 Å². The van der Waals surface area contributed by atoms with E-state index in [0.717, 1.165) is 24.8 Å². The molecule has 2 atom stereocenters. The van der Waals surface area contributed by atoms with Gasteiger partial charge < -0.3 is 0 Å². The minimum absolute atomic E-state index is 0.0631. The number of hydrogen-bond acceptors (Lipinski definition) is 3. The lowest BCUT2D eigenvalue weighted by Crippen LogP contribution is -2.28. The molecule has 0 amide bonds. The zero-order valence-electron chi connectivity index (χ0n) is 11.7. The molecule has 0 aliphatic heterocycles. The molecule has 3 heteroatoms. The summed E-state index contributed by atoms with van der Waals surface area (Å²) in [5.41, 5.74) is 1.66. The maximum absolute atomic E-state index is 11.8. The summed E-state index contributed by atoms with van der Waals surface area (Å²) in [5.74, 6) is 0.111. The van der Waals surface area contributed by atoms with Crippen LogP contribution in [0.4, 0.5) is 0 Å². The predicted octanol–water partition coefficient (Wildman–Crippen LogP) is 4.05. The number of carbonyl (C=O) groups is 1. The smallest absolute Gasteiger partial charge is 0.293 e. The van der Waals surface area contributed by atoms with Gasteiger partial charge in [-0.3, -0.25) is 4.89 Å². The Morgan fingerprint density at radius 1 is 1.21 bits per heavy atom. The van der Waals surface area contributed by atoms with Crippen LogP contribution in [0.15, 0.2) is 24.3 Å². The van der Waals surface area contributed by atoms with E-state index in [1.165, 1.54) is 12.8 Å². The Balaban J connectivity index is 1.87. The number of benzene rings is 1. The van der Waals surface area contributed by atoms with Crippen molar-refractivity contribution in [2.75, 3.05) is 0 Å². The van der Waals surface area contributed by atoms with Crippen molar-refractivity contribution < 1.29 is 14.6 Å². The molecule has 1 aromatic carbocycles. The highest BCUT2D eigenvalue weighted by Gasteiger charge is 2.26. The molecule has 2 rings (SSSR count). The molecule has 0 saturated heterocycles. The molecule has 1 aromatic rings. The van der Waals surface area contributed by atoms with Crippen LogP contribution < -0.4 is 0 Å². The van der Waals surface area contributed by atoms with Gasteiger partial charge in [0.15, 0.2) is 0 Å². The average molecular weight is 262 g/mol. The zero-order chi connectivity index (χ0) is 13.7. The summed E-state index contributed by atoms with van der Waals surface area (Å²) in [6.45, 7) is 4.15. The third-order valence-electron chi connectivity index (χ3n) is 3.90. The summed E-state index contributed by atoms with van der Waals surface area (Å²) in [6, 6.07) is 7.32.